The molecule has 0 aliphatic carbocycles. The van der Waals surface area contributed by atoms with Gasteiger partial charge in [-0.25, -0.2) is 14.8 Å². The number of carboxylic acid groups (broad SMARTS) is 1. The molecule has 0 aromatic carbocycles. The highest BCUT2D eigenvalue weighted by Gasteiger charge is 2.55. The van der Waals surface area contributed by atoms with Crippen LogP contribution in [-0.2, 0) is 19.2 Å². The van der Waals surface area contributed by atoms with Crippen LogP contribution in [0.2, 0.25) is 5.15 Å². The van der Waals surface area contributed by atoms with E-state index < -0.39 is 29.2 Å². The van der Waals surface area contributed by atoms with Crippen molar-refractivity contribution in [2.75, 3.05) is 18.6 Å². The van der Waals surface area contributed by atoms with Crippen LogP contribution >= 0.6 is 47.5 Å². The van der Waals surface area contributed by atoms with Crippen molar-refractivity contribution in [2.24, 2.45) is 5.16 Å². The first-order valence-corrected chi connectivity index (χ1v) is 12.1. The van der Waals surface area contributed by atoms with Crippen molar-refractivity contribution < 1.29 is 24.3 Å². The molecule has 1 fully saturated rings. The number of hydrogen-bond acceptors (Lipinski definition) is 13. The lowest BCUT2D eigenvalue weighted by Crippen LogP contribution is -2.71. The molecule has 0 saturated carbocycles. The normalized spacial score (nSPS) is 20.1. The summed E-state index contributed by atoms with van der Waals surface area (Å²) in [7, 11) is 1.23. The van der Waals surface area contributed by atoms with Gasteiger partial charge < -0.3 is 21.0 Å². The van der Waals surface area contributed by atoms with E-state index in [2.05, 4.69) is 41.1 Å². The molecule has 2 amide bonds. The van der Waals surface area contributed by atoms with Gasteiger partial charge in [-0.2, -0.15) is 5.21 Å². The SMILES string of the molecule is CON=C(C(=O)NC1C(=O)N2C(C(=O)O)=C(C(C)Sc3nn[nH]n3)CS[C@H]12)c1cc(Cl)nc(N)n1.Cl. The van der Waals surface area contributed by atoms with Crippen molar-refractivity contribution in [3.8, 4) is 0 Å². The fraction of sp³-hybridized carbons (Fsp3) is 0.353. The maximum Gasteiger partial charge on any atom is 0.352 e. The van der Waals surface area contributed by atoms with E-state index in [0.717, 1.165) is 4.90 Å². The average Bonchev–Trinajstić information content (AvgIpc) is 3.31. The number of aliphatic carboxylic acids is 1. The van der Waals surface area contributed by atoms with Gasteiger partial charge in [0.1, 0.15) is 35.1 Å². The molecular formula is C17H18Cl2N10O5S2. The lowest BCUT2D eigenvalue weighted by molar-refractivity contribution is -0.150. The number of nitrogens with zero attached hydrogens (tertiary/aromatic N) is 7. The number of hydrogen-bond donors (Lipinski definition) is 4. The Bertz CT molecular complexity index is 1220. The number of tetrazole rings is 1. The van der Waals surface area contributed by atoms with Crippen LogP contribution < -0.4 is 11.1 Å². The quantitative estimate of drug-likeness (QED) is 0.106. The smallest absolute Gasteiger partial charge is 0.352 e. The molecule has 0 bridgehead atoms. The Morgan fingerprint density at radius 2 is 2.22 bits per heavy atom. The first kappa shape index (κ1) is 27.4. The van der Waals surface area contributed by atoms with Gasteiger partial charge in [0.15, 0.2) is 5.71 Å². The van der Waals surface area contributed by atoms with Crippen LogP contribution in [0.5, 0.6) is 0 Å². The number of H-pyrrole nitrogens is 1. The summed E-state index contributed by atoms with van der Waals surface area (Å²) in [4.78, 5) is 51.6. The van der Waals surface area contributed by atoms with E-state index in [4.69, 9.17) is 22.2 Å². The number of nitrogens with one attached hydrogen (secondary N) is 2. The zero-order chi connectivity index (χ0) is 25.3. The van der Waals surface area contributed by atoms with Gasteiger partial charge in [-0.15, -0.1) is 34.4 Å². The minimum atomic E-state index is -1.25. The monoisotopic (exact) mass is 576 g/mol. The van der Waals surface area contributed by atoms with Gasteiger partial charge in [-0.1, -0.05) is 28.5 Å². The molecule has 2 aliphatic heterocycles. The molecule has 15 nitrogen and oxygen atoms in total. The molecule has 19 heteroatoms. The van der Waals surface area contributed by atoms with E-state index in [-0.39, 0.29) is 45.9 Å². The molecule has 2 unspecified atom stereocenters. The molecule has 4 rings (SSSR count). The number of aromatic nitrogens is 6. The Kier molecular flexibility index (Phi) is 8.59. The highest BCUT2D eigenvalue weighted by Crippen LogP contribution is 2.43. The zero-order valence-electron chi connectivity index (χ0n) is 18.4. The van der Waals surface area contributed by atoms with E-state index in [1.807, 2.05) is 0 Å². The van der Waals surface area contributed by atoms with Gasteiger partial charge in [0, 0.05) is 17.1 Å². The van der Waals surface area contributed by atoms with Gasteiger partial charge in [-0.3, -0.25) is 14.5 Å². The number of carbonyl (C=O) groups excluding carboxylic acids is 2. The molecule has 36 heavy (non-hydrogen) atoms. The number of carboxylic acids is 1. The van der Waals surface area contributed by atoms with Crippen LogP contribution in [0.15, 0.2) is 27.6 Å². The largest absolute Gasteiger partial charge is 0.477 e. The fourth-order valence-electron chi connectivity index (χ4n) is 3.45. The lowest BCUT2D eigenvalue weighted by atomic mass is 10.0. The lowest BCUT2D eigenvalue weighted by Gasteiger charge is -2.49. The standard InChI is InChI=1S/C17H17ClN10O5S2.ClH/c1-5(35-17-23-26-27-24-17)6-4-34-14-10(13(30)28(14)11(6)15(31)32)22-12(29)9(25-33-2)7-3-8(18)21-16(19)20-7;/h3,5,10,14H,4H2,1-2H3,(H,22,29)(H,31,32)(H2,19,20,21)(H,23,24,26,27);1H/t5?,10?,14-;/m1./s1. The predicted molar refractivity (Wildman–Crippen MR) is 131 cm³/mol. The van der Waals surface area contributed by atoms with Crippen molar-refractivity contribution in [2.45, 2.75) is 28.7 Å². The summed E-state index contributed by atoms with van der Waals surface area (Å²) in [6.45, 7) is 1.79. The maximum atomic E-state index is 13.0. The highest BCUT2D eigenvalue weighted by atomic mass is 35.5. The second-order valence-corrected chi connectivity index (χ2v) is 9.85. The minimum Gasteiger partial charge on any atom is -0.477 e. The average molecular weight is 577 g/mol. The number of thioether (sulfide) groups is 2. The van der Waals surface area contributed by atoms with E-state index in [9.17, 15) is 19.5 Å². The van der Waals surface area contributed by atoms with Crippen LogP contribution in [-0.4, -0.2) is 93.6 Å². The van der Waals surface area contributed by atoms with E-state index >= 15 is 0 Å². The summed E-state index contributed by atoms with van der Waals surface area (Å²) in [5.74, 6) is -2.50. The van der Waals surface area contributed by atoms with Gasteiger partial charge >= 0.3 is 5.97 Å². The number of aromatic amines is 1. The number of rotatable bonds is 8. The number of nitrogen functional groups attached to an aromatic ring is 1. The van der Waals surface area contributed by atoms with Gasteiger partial charge in [0.2, 0.25) is 11.1 Å². The molecule has 0 radical (unpaired) electrons. The molecule has 2 aromatic rings. The van der Waals surface area contributed by atoms with Crippen molar-refractivity contribution in [1.82, 2.24) is 40.8 Å². The van der Waals surface area contributed by atoms with Crippen molar-refractivity contribution in [1.29, 1.82) is 0 Å². The van der Waals surface area contributed by atoms with Crippen molar-refractivity contribution >= 4 is 77.0 Å². The molecule has 5 N–H and O–H groups in total. The highest BCUT2D eigenvalue weighted by molar-refractivity contribution is 8.01. The molecule has 2 aromatic heterocycles. The van der Waals surface area contributed by atoms with Crippen LogP contribution in [0, 0.1) is 0 Å². The van der Waals surface area contributed by atoms with E-state index in [1.54, 1.807) is 6.92 Å². The second kappa shape index (κ2) is 11.3. The first-order chi connectivity index (χ1) is 16.7. The number of nitrogens with two attached hydrogens (primary N) is 1. The zero-order valence-corrected chi connectivity index (χ0v) is 21.6. The number of oxime groups is 1. The summed E-state index contributed by atoms with van der Waals surface area (Å²) < 4.78 is 0. The van der Waals surface area contributed by atoms with Crippen LogP contribution in [0.25, 0.3) is 0 Å². The molecule has 0 spiro atoms. The number of fused-ring (bicyclic) bond motifs is 1. The maximum absolute atomic E-state index is 13.0. The topological polar surface area (TPSA) is 215 Å². The van der Waals surface area contributed by atoms with Gasteiger partial charge in [-0.05, 0) is 17.7 Å². The summed E-state index contributed by atoms with van der Waals surface area (Å²) in [6.07, 6.45) is 0. The van der Waals surface area contributed by atoms with Crippen molar-refractivity contribution in [3.05, 3.63) is 28.2 Å². The molecule has 192 valence electrons. The fourth-order valence-corrected chi connectivity index (χ4v) is 6.05. The molecule has 2 aliphatic rings. The second-order valence-electron chi connectivity index (χ2n) is 7.05. The van der Waals surface area contributed by atoms with Gasteiger partial charge in [0.25, 0.3) is 11.8 Å². The Morgan fingerprint density at radius 3 is 2.83 bits per heavy atom. The van der Waals surface area contributed by atoms with Gasteiger partial charge in [0.05, 0.1) is 0 Å². The Labute approximate surface area is 222 Å². The summed E-state index contributed by atoms with van der Waals surface area (Å²) in [5.41, 5.74) is 5.69. The Hall–Kier alpha value is -3.15. The summed E-state index contributed by atoms with van der Waals surface area (Å²) in [5, 5.41) is 29.0. The first-order valence-electron chi connectivity index (χ1n) is 9.74. The molecule has 1 saturated heterocycles. The molecule has 3 atom stereocenters. The van der Waals surface area contributed by atoms with E-state index in [1.165, 1.54) is 36.7 Å². The third kappa shape index (κ3) is 5.32. The minimum absolute atomic E-state index is 0. The van der Waals surface area contributed by atoms with Crippen molar-refractivity contribution in [3.63, 3.8) is 0 Å². The van der Waals surface area contributed by atoms with Crippen LogP contribution in [0.3, 0.4) is 0 Å². The predicted octanol–water partition coefficient (Wildman–Crippen LogP) is -0.0830. The number of halogens is 2. The third-order valence-corrected chi connectivity index (χ3v) is 7.46. The molecule has 4 heterocycles. The van der Waals surface area contributed by atoms with Crippen LogP contribution in [0.4, 0.5) is 5.95 Å². The van der Waals surface area contributed by atoms with E-state index in [0.29, 0.717) is 16.5 Å². The Morgan fingerprint density at radius 1 is 1.47 bits per heavy atom. The summed E-state index contributed by atoms with van der Waals surface area (Å²) >= 11 is 8.41. The van der Waals surface area contributed by atoms with Crippen LogP contribution in [0.1, 0.15) is 12.6 Å². The number of β-lactam (4-membered cyclic amide) rings is 1. The number of carbonyl (C=O) groups is 3. The third-order valence-electron chi connectivity index (χ3n) is 4.94. The summed E-state index contributed by atoms with van der Waals surface area (Å²) in [6, 6.07) is 0.264. The number of anilines is 1. The Balaban J connectivity index is 0.00000361. The molecular weight excluding hydrogens is 559 g/mol. The number of amides is 2.